The predicted octanol–water partition coefficient (Wildman–Crippen LogP) is 5.61. The maximum Gasteiger partial charge on any atom is 0.416 e. The quantitative estimate of drug-likeness (QED) is 0.466. The van der Waals surface area contributed by atoms with E-state index in [1.165, 1.54) is 12.1 Å². The van der Waals surface area contributed by atoms with Gasteiger partial charge in [-0.15, -0.1) is 0 Å². The molecule has 0 aromatic heterocycles. The maximum absolute atomic E-state index is 12.9. The van der Waals surface area contributed by atoms with Gasteiger partial charge in [0.2, 0.25) is 0 Å². The lowest BCUT2D eigenvalue weighted by Crippen LogP contribution is -2.48. The Bertz CT molecular complexity index is 692. The zero-order valence-corrected chi connectivity index (χ0v) is 19.3. The molecule has 1 aromatic rings. The lowest BCUT2D eigenvalue weighted by Gasteiger charge is -2.40. The number of halogens is 3. The van der Waals surface area contributed by atoms with Crippen molar-refractivity contribution in [2.75, 3.05) is 0 Å². The highest BCUT2D eigenvalue weighted by Crippen LogP contribution is 2.40. The van der Waals surface area contributed by atoms with Gasteiger partial charge >= 0.3 is 12.3 Å². The molecule has 0 aliphatic rings. The number of alkyl halides is 3. The van der Waals surface area contributed by atoms with Gasteiger partial charge in [0.25, 0.3) is 0 Å². The molecule has 0 radical (unpaired) electrons. The SMILES string of the molecule is CC(C)(C)OC(=O)N[C@H](O)[C@@H](O[Si](C)(C)C(C)(C)C)c1ccc(C(F)(F)F)cc1. The number of aliphatic hydroxyl groups is 1. The normalized spacial score (nSPS) is 15.6. The second-order valence-electron chi connectivity index (χ2n) is 9.51. The first-order valence-corrected chi connectivity index (χ1v) is 12.3. The van der Waals surface area contributed by atoms with Crippen molar-refractivity contribution < 1.29 is 32.2 Å². The first kappa shape index (κ1) is 25.5. The molecule has 2 N–H and O–H groups in total. The van der Waals surface area contributed by atoms with E-state index in [2.05, 4.69) is 5.32 Å². The standard InChI is InChI=1S/C20H32F3NO4Si/c1-18(2,3)27-17(26)24-16(25)15(28-29(7,8)19(4,5)6)13-9-11-14(12-10-13)20(21,22)23/h9-12,15-16,25H,1-8H3,(H,24,26)/t15-,16+/m0/s1. The largest absolute Gasteiger partial charge is 0.444 e. The monoisotopic (exact) mass is 435 g/mol. The second-order valence-corrected chi connectivity index (χ2v) is 14.3. The number of ether oxygens (including phenoxy) is 1. The van der Waals surface area contributed by atoms with Gasteiger partial charge in [-0.2, -0.15) is 13.2 Å². The summed E-state index contributed by atoms with van der Waals surface area (Å²) < 4.78 is 50.1. The van der Waals surface area contributed by atoms with Gasteiger partial charge in [-0.05, 0) is 56.6 Å². The van der Waals surface area contributed by atoms with Gasteiger partial charge in [0.15, 0.2) is 14.5 Å². The van der Waals surface area contributed by atoms with Crippen LogP contribution in [0.1, 0.15) is 58.8 Å². The molecule has 1 amide bonds. The van der Waals surface area contributed by atoms with Crippen LogP contribution in [0, 0.1) is 0 Å². The van der Waals surface area contributed by atoms with Crippen LogP contribution in [-0.2, 0) is 15.3 Å². The number of amides is 1. The smallest absolute Gasteiger partial charge is 0.416 e. The summed E-state index contributed by atoms with van der Waals surface area (Å²) in [7, 11) is -2.44. The topological polar surface area (TPSA) is 67.8 Å². The number of carbonyl (C=O) groups is 1. The van der Waals surface area contributed by atoms with Crippen LogP contribution in [0.4, 0.5) is 18.0 Å². The minimum Gasteiger partial charge on any atom is -0.444 e. The van der Waals surface area contributed by atoms with Crippen LogP contribution in [0.2, 0.25) is 18.1 Å². The average molecular weight is 436 g/mol. The Kier molecular flexibility index (Phi) is 7.59. The molecule has 1 aromatic carbocycles. The van der Waals surface area contributed by atoms with Crippen LogP contribution in [0.3, 0.4) is 0 Å². The van der Waals surface area contributed by atoms with E-state index in [0.717, 1.165) is 12.1 Å². The molecule has 0 aliphatic heterocycles. The summed E-state index contributed by atoms with van der Waals surface area (Å²) in [5.41, 5.74) is -1.25. The summed E-state index contributed by atoms with van der Waals surface area (Å²) in [6, 6.07) is 4.36. The van der Waals surface area contributed by atoms with Crippen molar-refractivity contribution in [3.63, 3.8) is 0 Å². The molecule has 0 aliphatic carbocycles. The number of alkyl carbamates (subject to hydrolysis) is 1. The van der Waals surface area contributed by atoms with Crippen LogP contribution >= 0.6 is 0 Å². The first-order valence-electron chi connectivity index (χ1n) is 9.36. The molecule has 29 heavy (non-hydrogen) atoms. The number of carbonyl (C=O) groups excluding carboxylic acids is 1. The van der Waals surface area contributed by atoms with E-state index in [1.54, 1.807) is 20.8 Å². The third kappa shape index (κ3) is 7.64. The predicted molar refractivity (Wildman–Crippen MR) is 108 cm³/mol. The van der Waals surface area contributed by atoms with E-state index < -0.39 is 44.1 Å². The number of rotatable bonds is 5. The van der Waals surface area contributed by atoms with Crippen LogP contribution in [-0.4, -0.2) is 31.3 Å². The summed E-state index contributed by atoms with van der Waals surface area (Å²) in [5.74, 6) is 0. The molecule has 0 saturated carbocycles. The van der Waals surface area contributed by atoms with Crippen molar-refractivity contribution >= 4 is 14.4 Å². The Morgan fingerprint density at radius 3 is 1.90 bits per heavy atom. The number of hydrogen-bond acceptors (Lipinski definition) is 4. The molecule has 0 saturated heterocycles. The highest BCUT2D eigenvalue weighted by molar-refractivity contribution is 6.74. The fourth-order valence-electron chi connectivity index (χ4n) is 2.17. The van der Waals surface area contributed by atoms with Crippen molar-refractivity contribution in [3.8, 4) is 0 Å². The lowest BCUT2D eigenvalue weighted by molar-refractivity contribution is -0.137. The molecule has 166 valence electrons. The lowest BCUT2D eigenvalue weighted by atomic mass is 10.1. The van der Waals surface area contributed by atoms with E-state index in [9.17, 15) is 23.1 Å². The molecule has 1 rings (SSSR count). The number of nitrogens with one attached hydrogen (secondary N) is 1. The van der Waals surface area contributed by atoms with Gasteiger partial charge in [-0.1, -0.05) is 32.9 Å². The van der Waals surface area contributed by atoms with Gasteiger partial charge in [0, 0.05) is 0 Å². The van der Waals surface area contributed by atoms with E-state index in [4.69, 9.17) is 9.16 Å². The molecule has 5 nitrogen and oxygen atoms in total. The third-order valence-electron chi connectivity index (χ3n) is 4.75. The van der Waals surface area contributed by atoms with Gasteiger partial charge in [-0.3, -0.25) is 5.32 Å². The Morgan fingerprint density at radius 2 is 1.52 bits per heavy atom. The van der Waals surface area contributed by atoms with Crippen LogP contribution in [0.25, 0.3) is 0 Å². The van der Waals surface area contributed by atoms with Gasteiger partial charge < -0.3 is 14.3 Å². The summed E-state index contributed by atoms with van der Waals surface area (Å²) in [6.07, 6.45) is -7.87. The van der Waals surface area contributed by atoms with Crippen LogP contribution in [0.5, 0.6) is 0 Å². The fraction of sp³-hybridized carbons (Fsp3) is 0.650. The molecule has 0 unspecified atom stereocenters. The number of aliphatic hydroxyl groups excluding tert-OH is 1. The molecule has 2 atom stereocenters. The summed E-state index contributed by atoms with van der Waals surface area (Å²) >= 11 is 0. The molecule has 0 spiro atoms. The summed E-state index contributed by atoms with van der Waals surface area (Å²) in [4.78, 5) is 12.1. The fourth-order valence-corrected chi connectivity index (χ4v) is 3.43. The molecule has 9 heteroatoms. The Hall–Kier alpha value is -1.58. The number of hydrogen-bond donors (Lipinski definition) is 2. The third-order valence-corrected chi connectivity index (χ3v) is 9.20. The highest BCUT2D eigenvalue weighted by Gasteiger charge is 2.42. The Labute approximate surface area is 171 Å². The molecule has 0 fully saturated rings. The zero-order chi connectivity index (χ0) is 22.8. The number of benzene rings is 1. The molecule has 0 heterocycles. The van der Waals surface area contributed by atoms with Gasteiger partial charge in [0.05, 0.1) is 5.56 Å². The van der Waals surface area contributed by atoms with Crippen molar-refractivity contribution in [2.24, 2.45) is 0 Å². The minimum atomic E-state index is -4.47. The van der Waals surface area contributed by atoms with Crippen molar-refractivity contribution in [1.29, 1.82) is 0 Å². The molecular formula is C20H32F3NO4Si. The van der Waals surface area contributed by atoms with Crippen molar-refractivity contribution in [2.45, 2.75) is 83.8 Å². The molecular weight excluding hydrogens is 403 g/mol. The van der Waals surface area contributed by atoms with Crippen LogP contribution < -0.4 is 5.32 Å². The van der Waals surface area contributed by atoms with Crippen molar-refractivity contribution in [3.05, 3.63) is 35.4 Å². The van der Waals surface area contributed by atoms with E-state index in [1.807, 2.05) is 33.9 Å². The second kappa shape index (κ2) is 8.65. The van der Waals surface area contributed by atoms with Crippen LogP contribution in [0.15, 0.2) is 24.3 Å². The minimum absolute atomic E-state index is 0.219. The summed E-state index contributed by atoms with van der Waals surface area (Å²) in [6.45, 7) is 14.9. The van der Waals surface area contributed by atoms with Gasteiger partial charge in [-0.25, -0.2) is 4.79 Å². The highest BCUT2D eigenvalue weighted by atomic mass is 28.4. The Morgan fingerprint density at radius 1 is 1.03 bits per heavy atom. The van der Waals surface area contributed by atoms with E-state index in [0.29, 0.717) is 5.56 Å². The van der Waals surface area contributed by atoms with Crippen molar-refractivity contribution in [1.82, 2.24) is 5.32 Å². The maximum atomic E-state index is 12.9. The summed E-state index contributed by atoms with van der Waals surface area (Å²) in [5, 5.41) is 12.8. The van der Waals surface area contributed by atoms with E-state index >= 15 is 0 Å². The van der Waals surface area contributed by atoms with E-state index in [-0.39, 0.29) is 5.04 Å². The molecule has 0 bridgehead atoms. The average Bonchev–Trinajstić information content (AvgIpc) is 2.48. The Balaban J connectivity index is 3.20. The van der Waals surface area contributed by atoms with Gasteiger partial charge in [0.1, 0.15) is 11.7 Å². The first-order chi connectivity index (χ1) is 12.8. The zero-order valence-electron chi connectivity index (χ0n) is 18.3.